The summed E-state index contributed by atoms with van der Waals surface area (Å²) < 4.78 is 75.1. The number of carbonyl (C=O) groups is 8. The van der Waals surface area contributed by atoms with Crippen LogP contribution in [0.25, 0.3) is 11.1 Å². The Balaban J connectivity index is 0.895. The summed E-state index contributed by atoms with van der Waals surface area (Å²) in [6, 6.07) is 12.5. The molecule has 7 heterocycles. The van der Waals surface area contributed by atoms with Gasteiger partial charge in [-0.2, -0.15) is 0 Å². The average molecular weight is 1890 g/mol. The van der Waals surface area contributed by atoms with E-state index in [1.807, 2.05) is 13.8 Å². The molecule has 34 nitrogen and oxygen atoms in total. The third-order valence-corrected chi connectivity index (χ3v) is 29.7. The van der Waals surface area contributed by atoms with Crippen LogP contribution in [0.3, 0.4) is 0 Å². The van der Waals surface area contributed by atoms with Gasteiger partial charge in [0.15, 0.2) is 41.2 Å². The van der Waals surface area contributed by atoms with Crippen molar-refractivity contribution in [3.05, 3.63) is 152 Å². The van der Waals surface area contributed by atoms with Crippen molar-refractivity contribution in [2.24, 2.45) is 58.8 Å². The summed E-state index contributed by atoms with van der Waals surface area (Å²) in [5.41, 5.74) is 9.10. The molecule has 6 fully saturated rings. The summed E-state index contributed by atoms with van der Waals surface area (Å²) in [4.78, 5) is 125. The van der Waals surface area contributed by atoms with Crippen LogP contribution in [0.2, 0.25) is 10.0 Å². The SMILES string of the molecule is CCCCCOc1ccc(S(=O)(=O)NCCNCc2c(O)cc3c4c2C(O)(O)c2ccc(cc2-4)[C@H]2CC(=O)[C@@H]4NC(=O)[C@H](CC(N)=O)CC(=O)[C@H](NC(=O)[C@H](CC)CC(C)C)[C@H](O)c5ccc(c(Cl)c5)Oc5cc4cc(c5O[C@@H]4O[C@H](CO)[C@@H](O)[C@H](O)[C@H]4O[C@H]4C[C@](C)(N)[C@H](O)[C@H](C)O4)Oc4ccc(cc4Cl)[C@@H](O)[C@H](NC2=O)C(=O)N[C@@H]3C(=O)CC2C3CC4CC(C3)CC2C4)cc1. The lowest BCUT2D eigenvalue weighted by molar-refractivity contribution is -0.333. The van der Waals surface area contributed by atoms with Gasteiger partial charge in [-0.05, 0) is 212 Å². The minimum absolute atomic E-state index is 0.0307. The van der Waals surface area contributed by atoms with Crippen molar-refractivity contribution >= 4 is 80.1 Å². The lowest BCUT2D eigenvalue weighted by Gasteiger charge is -2.54. The highest BCUT2D eigenvalue weighted by Gasteiger charge is 2.55. The second kappa shape index (κ2) is 39.9. The van der Waals surface area contributed by atoms with Gasteiger partial charge in [-0.25, -0.2) is 13.1 Å². The zero-order chi connectivity index (χ0) is 94.6. The molecule has 19 N–H and O–H groups in total. The van der Waals surface area contributed by atoms with Gasteiger partial charge in [0.05, 0.1) is 52.2 Å². The monoisotopic (exact) mass is 1890 g/mol. The van der Waals surface area contributed by atoms with Crippen LogP contribution in [0.4, 0.5) is 0 Å². The summed E-state index contributed by atoms with van der Waals surface area (Å²) in [6.07, 6.45) is -12.7. The Morgan fingerprint density at radius 2 is 1.37 bits per heavy atom. The quantitative estimate of drug-likeness (QED) is 0.0179. The van der Waals surface area contributed by atoms with Crippen molar-refractivity contribution in [2.75, 3.05) is 26.3 Å². The Kier molecular flexibility index (Phi) is 29.4. The van der Waals surface area contributed by atoms with Gasteiger partial charge in [0.25, 0.3) is 0 Å². The van der Waals surface area contributed by atoms with E-state index in [1.54, 1.807) is 19.1 Å². The number of amides is 5. The Labute approximate surface area is 773 Å². The fourth-order valence-corrected chi connectivity index (χ4v) is 22.4. The van der Waals surface area contributed by atoms with Crippen molar-refractivity contribution in [1.29, 1.82) is 0 Å². The van der Waals surface area contributed by atoms with Gasteiger partial charge in [0, 0.05) is 79.9 Å². The average Bonchev–Trinajstić information content (AvgIpc) is 1.54. The molecule has 15 bridgehead atoms. The number of ether oxygens (including phenoxy) is 7. The van der Waals surface area contributed by atoms with Crippen LogP contribution in [0.15, 0.2) is 102 Å². The Morgan fingerprint density at radius 3 is 1.98 bits per heavy atom. The molecule has 4 saturated carbocycles. The van der Waals surface area contributed by atoms with E-state index in [-0.39, 0.29) is 133 Å². The summed E-state index contributed by atoms with van der Waals surface area (Å²) >= 11 is 14.6. The van der Waals surface area contributed by atoms with Crippen LogP contribution >= 0.6 is 23.2 Å². The molecule has 37 heteroatoms. The van der Waals surface area contributed by atoms with Gasteiger partial charge >= 0.3 is 0 Å². The third kappa shape index (κ3) is 20.3. The first-order chi connectivity index (χ1) is 62.7. The summed E-state index contributed by atoms with van der Waals surface area (Å²) in [5.74, 6) is -17.5. The van der Waals surface area contributed by atoms with Gasteiger partial charge < -0.3 is 117 Å². The first kappa shape index (κ1) is 97.2. The number of halogens is 2. The number of benzene rings is 6. The van der Waals surface area contributed by atoms with Gasteiger partial charge in [0.2, 0.25) is 57.4 Å². The number of ketones is 3. The van der Waals surface area contributed by atoms with E-state index in [0.717, 1.165) is 63.5 Å². The molecule has 0 unspecified atom stereocenters. The Hall–Kier alpha value is -9.35. The maximum atomic E-state index is 16.8. The number of unbranched alkanes of at least 4 members (excludes halogenated alkanes) is 2. The van der Waals surface area contributed by atoms with Crippen LogP contribution in [-0.4, -0.2) is 194 Å². The molecule has 132 heavy (non-hydrogen) atoms. The molecule has 18 rings (SSSR count). The number of primary amides is 1. The van der Waals surface area contributed by atoms with Gasteiger partial charge in [-0.15, -0.1) is 0 Å². The molecule has 0 radical (unpaired) electrons. The molecule has 0 aromatic heterocycles. The van der Waals surface area contributed by atoms with Crippen LogP contribution in [-0.2, 0) is 74.9 Å². The molecule has 712 valence electrons. The summed E-state index contributed by atoms with van der Waals surface area (Å²) in [7, 11) is -4.13. The van der Waals surface area contributed by atoms with E-state index in [1.165, 1.54) is 86.6 Å². The number of nitrogens with two attached hydrogens (primary N) is 2. The van der Waals surface area contributed by atoms with Crippen LogP contribution in [0, 0.1) is 47.3 Å². The number of aliphatic hydroxyl groups excluding tert-OH is 6. The van der Waals surface area contributed by atoms with E-state index in [2.05, 4.69) is 38.2 Å². The van der Waals surface area contributed by atoms with Crippen molar-refractivity contribution in [2.45, 2.75) is 252 Å². The number of aromatic hydroxyl groups is 1. The topological polar surface area (TPSA) is 542 Å². The number of aliphatic hydroxyl groups is 8. The van der Waals surface area contributed by atoms with E-state index in [9.17, 15) is 64.0 Å². The molecule has 18 atom stereocenters. The van der Waals surface area contributed by atoms with Crippen molar-refractivity contribution in [3.8, 4) is 51.4 Å². The summed E-state index contributed by atoms with van der Waals surface area (Å²) in [5, 5.41) is 124. The van der Waals surface area contributed by atoms with Crippen LogP contribution in [0.5, 0.6) is 40.2 Å². The molecule has 5 aliphatic carbocycles. The smallest absolute Gasteiger partial charge is 0.246 e. The molecule has 0 spiro atoms. The Morgan fingerprint density at radius 1 is 0.720 bits per heavy atom. The maximum absolute atomic E-state index is 16.8. The number of carbonyl (C=O) groups excluding carboxylic acids is 8. The number of nitrogens with one attached hydrogen (secondary N) is 6. The molecule has 7 aliphatic heterocycles. The minimum atomic E-state index is -4.13. The number of sulfonamides is 1. The lowest BCUT2D eigenvalue weighted by Crippen LogP contribution is -2.64. The first-order valence-corrected chi connectivity index (χ1v) is 47.5. The third-order valence-electron chi connectivity index (χ3n) is 27.7. The standard InChI is InChI=1S/C95H116Cl2N8O26S/c1-7-9-10-23-125-55-14-16-56(17-15-55)132(123,124)101-22-21-100-41-61-65(107)39-60-76-59-30-48(11-18-62(59)95(121,122)77(61)76)58-38-67(109)78-53-34-71(127-69-19-12-49(31-63(69)96)82(112)80(104-89(117)47(8-2)24-43(3)4)66(108)33-54(36-74(98)111)90(118)102-78)86(131-93-87(85(115)84(114)73(42-106)129-93)130-75-40-94(6,99)88(116)44(5)126-75)72(35-53)128-70-20-13-50(32-64(70)97)83(113)81(105-91(58)119)92(120)103-79(60)68(110)37-57-51-26-45-25-46(28-51)29-52(57)27-45/h11-20,30-32,34-35,39,43-47,51-52,54,57-58,73,75,78-85,87-88,93,100-101,106-107,112-116,121-122H,7-10,21-29,33,36-38,40-42,99H2,1-6H3,(H2,98,111)(H,102,118)(H,103,120)(H,104,117)(H,105,119)/t44-,45?,46?,47+,51?,52?,54-,57?,58+,73+,75-,78+,79-,80-,81-,82+,83+,84+,85-,87+,88+,93-,94-/m0/s1. The molecular weight excluding hydrogens is 1770 g/mol. The van der Waals surface area contributed by atoms with Gasteiger partial charge in [-0.1, -0.05) is 88.0 Å². The highest BCUT2D eigenvalue weighted by atomic mass is 35.5. The predicted molar refractivity (Wildman–Crippen MR) is 476 cm³/mol. The van der Waals surface area contributed by atoms with E-state index in [0.29, 0.717) is 30.6 Å². The number of Topliss-reactive ketones (excluding diaryl/α,β-unsaturated/α-hetero) is 3. The largest absolute Gasteiger partial charge is 0.508 e. The zero-order valence-electron chi connectivity index (χ0n) is 73.9. The predicted octanol–water partition coefficient (Wildman–Crippen LogP) is 7.19. The lowest BCUT2D eigenvalue weighted by atomic mass is 9.51. The maximum Gasteiger partial charge on any atom is 0.246 e. The van der Waals surface area contributed by atoms with Crippen molar-refractivity contribution in [1.82, 2.24) is 31.3 Å². The Bertz CT molecular complexity index is 5480. The number of hydrogen-bond acceptors (Lipinski definition) is 28. The minimum Gasteiger partial charge on any atom is -0.508 e. The molecule has 12 aliphatic rings. The number of phenols is 1. The molecule has 6 aromatic carbocycles. The highest BCUT2D eigenvalue weighted by molar-refractivity contribution is 7.89. The highest BCUT2D eigenvalue weighted by Crippen LogP contribution is 2.60. The number of fused-ring (bicyclic) bond motifs is 12. The molecule has 5 amide bonds. The normalized spacial score (nSPS) is 30.3. The van der Waals surface area contributed by atoms with Crippen molar-refractivity contribution in [3.63, 3.8) is 0 Å². The number of rotatable bonds is 27. The van der Waals surface area contributed by atoms with E-state index >= 15 is 28.8 Å². The number of hydrogen-bond donors (Lipinski definition) is 17. The van der Waals surface area contributed by atoms with Crippen LogP contribution < -0.4 is 61.7 Å². The molecule has 2 saturated heterocycles. The first-order valence-electron chi connectivity index (χ1n) is 45.3. The fraction of sp³-hybridized carbons (Fsp3) is 0.537. The number of phenolic OH excluding ortho intramolecular Hbond substituents is 1. The van der Waals surface area contributed by atoms with Gasteiger partial charge in [-0.3, -0.25) is 38.4 Å². The molecule has 6 aromatic rings. The molecular formula is C95H116Cl2N8O26S. The summed E-state index contributed by atoms with van der Waals surface area (Å²) in [6.45, 7) is 9.32. The van der Waals surface area contributed by atoms with E-state index < -0.39 is 233 Å². The second-order valence-corrected chi connectivity index (χ2v) is 40.2. The van der Waals surface area contributed by atoms with Crippen molar-refractivity contribution < 1.29 is 126 Å². The van der Waals surface area contributed by atoms with E-state index in [4.69, 9.17) is 67.8 Å². The van der Waals surface area contributed by atoms with Crippen LogP contribution in [0.1, 0.15) is 213 Å². The zero-order valence-corrected chi connectivity index (χ0v) is 76.3. The second-order valence-electron chi connectivity index (χ2n) is 37.6. The fourth-order valence-electron chi connectivity index (χ4n) is 21.0. The van der Waals surface area contributed by atoms with Gasteiger partial charge in [0.1, 0.15) is 77.7 Å².